The molecule has 0 N–H and O–H groups in total. The van der Waals surface area contributed by atoms with E-state index >= 15 is 0 Å². The Balaban J connectivity index is 2.52. The number of rotatable bonds is 7. The van der Waals surface area contributed by atoms with Crippen LogP contribution in [0.1, 0.15) is 20.8 Å². The highest BCUT2D eigenvalue weighted by atomic mass is 79.9. The van der Waals surface area contributed by atoms with Crippen LogP contribution in [-0.4, -0.2) is 72.7 Å². The number of nitrogens with zero attached hydrogens (tertiary/aromatic N) is 1. The van der Waals surface area contributed by atoms with Gasteiger partial charge in [-0.1, -0.05) is 22.0 Å². The lowest BCUT2D eigenvalue weighted by atomic mass is 9.97. The molecule has 1 aliphatic carbocycles. The van der Waals surface area contributed by atoms with Crippen molar-refractivity contribution in [3.05, 3.63) is 44.6 Å². The molecule has 0 aromatic carbocycles. The second-order valence-electron chi connectivity index (χ2n) is 7.02. The van der Waals surface area contributed by atoms with Crippen molar-refractivity contribution in [2.45, 2.75) is 57.6 Å². The van der Waals surface area contributed by atoms with Gasteiger partial charge in [-0.25, -0.2) is 4.79 Å². The number of ether oxygens (including phenoxy) is 6. The first-order valence-electron chi connectivity index (χ1n) is 9.73. The Morgan fingerprint density at radius 1 is 1.03 bits per heavy atom. The van der Waals surface area contributed by atoms with E-state index in [1.54, 1.807) is 0 Å². The minimum atomic E-state index is -1.68. The van der Waals surface area contributed by atoms with E-state index in [0.717, 1.165) is 27.9 Å². The summed E-state index contributed by atoms with van der Waals surface area (Å²) in [4.78, 5) is 60.1. The third-order valence-electron chi connectivity index (χ3n) is 4.52. The van der Waals surface area contributed by atoms with Crippen molar-refractivity contribution in [2.75, 3.05) is 7.11 Å². The van der Waals surface area contributed by atoms with Gasteiger partial charge in [0, 0.05) is 26.8 Å². The Morgan fingerprint density at radius 2 is 1.59 bits per heavy atom. The van der Waals surface area contributed by atoms with Crippen LogP contribution in [0.25, 0.3) is 0 Å². The highest BCUT2D eigenvalue weighted by molar-refractivity contribution is 9.11. The molecule has 0 spiro atoms. The summed E-state index contributed by atoms with van der Waals surface area (Å²) in [7, 11) is 1.04. The normalized spacial score (nSPS) is 29.6. The van der Waals surface area contributed by atoms with Gasteiger partial charge in [-0.3, -0.25) is 24.5 Å². The molecule has 0 aromatic heterocycles. The van der Waals surface area contributed by atoms with Crippen LogP contribution in [0.4, 0.5) is 0 Å². The maximum absolute atomic E-state index is 12.4. The monoisotopic (exact) mass is 547 g/mol. The third kappa shape index (κ3) is 6.71. The average Bonchev–Trinajstić information content (AvgIpc) is 2.76. The maximum Gasteiger partial charge on any atom is 0.339 e. The number of carbonyl (C=O) groups is 4. The standard InChI is InChI=1S/C20H22BrNO12/c1-9(23)30-15-16(31-10(2)24)18(32-11(3)25)20(34-17(15)19(26)29-4)33-14-6-5-12(8-21)7-13(14)22(27)28/h5-8,14-18,20H,1-4H3/b12-8+/t14?,15-,16-,17-,18+,20+/m0/s1. The fraction of sp³-hybridized carbons (Fsp3) is 0.500. The van der Waals surface area contributed by atoms with E-state index in [1.807, 2.05) is 0 Å². The zero-order valence-electron chi connectivity index (χ0n) is 18.5. The largest absolute Gasteiger partial charge is 0.467 e. The lowest BCUT2D eigenvalue weighted by Gasteiger charge is -2.43. The molecule has 6 atom stereocenters. The minimum Gasteiger partial charge on any atom is -0.467 e. The third-order valence-corrected chi connectivity index (χ3v) is 5.05. The molecule has 2 rings (SSSR count). The van der Waals surface area contributed by atoms with Crippen LogP contribution >= 0.6 is 15.9 Å². The zero-order chi connectivity index (χ0) is 25.6. The second-order valence-corrected chi connectivity index (χ2v) is 7.48. The van der Waals surface area contributed by atoms with Crippen LogP contribution in [0.2, 0.25) is 0 Å². The predicted molar refractivity (Wildman–Crippen MR) is 113 cm³/mol. The number of halogens is 1. The van der Waals surface area contributed by atoms with Gasteiger partial charge >= 0.3 is 23.9 Å². The molecule has 0 bridgehead atoms. The summed E-state index contributed by atoms with van der Waals surface area (Å²) in [6.07, 6.45) is -5.29. The number of allylic oxidation sites excluding steroid dienone is 3. The molecule has 1 saturated heterocycles. The first kappa shape index (κ1) is 27.1. The van der Waals surface area contributed by atoms with E-state index in [1.165, 1.54) is 23.2 Å². The lowest BCUT2D eigenvalue weighted by Crippen LogP contribution is -2.64. The smallest absolute Gasteiger partial charge is 0.339 e. The SMILES string of the molecule is COC(=O)[C@H]1O[C@@H](OC2C=C/C(=C\Br)C=C2[N+](=O)[O-])[C@H](OC(C)=O)[C@@H](OC(C)=O)[C@@H]1OC(C)=O. The van der Waals surface area contributed by atoms with Crippen molar-refractivity contribution >= 4 is 39.8 Å². The molecule has 1 fully saturated rings. The van der Waals surface area contributed by atoms with Crippen molar-refractivity contribution < 1.29 is 52.5 Å². The molecule has 1 aliphatic heterocycles. The molecule has 1 unspecified atom stereocenters. The van der Waals surface area contributed by atoms with Crippen LogP contribution < -0.4 is 0 Å². The number of carbonyl (C=O) groups excluding carboxylic acids is 4. The first-order chi connectivity index (χ1) is 16.0. The molecule has 0 saturated carbocycles. The molecule has 34 heavy (non-hydrogen) atoms. The highest BCUT2D eigenvalue weighted by Crippen LogP contribution is 2.32. The fourth-order valence-corrected chi connectivity index (χ4v) is 3.56. The molecule has 0 aromatic rings. The molecule has 1 heterocycles. The second kappa shape index (κ2) is 11.9. The Labute approximate surface area is 201 Å². The quantitative estimate of drug-likeness (QED) is 0.193. The molecule has 186 valence electrons. The van der Waals surface area contributed by atoms with Crippen molar-refractivity contribution in [3.8, 4) is 0 Å². The van der Waals surface area contributed by atoms with E-state index in [0.29, 0.717) is 5.57 Å². The van der Waals surface area contributed by atoms with Crippen LogP contribution in [-0.2, 0) is 47.6 Å². The van der Waals surface area contributed by atoms with Gasteiger partial charge in [-0.05, 0) is 16.6 Å². The van der Waals surface area contributed by atoms with Crippen molar-refractivity contribution in [1.82, 2.24) is 0 Å². The average molecular weight is 548 g/mol. The molecule has 13 nitrogen and oxygen atoms in total. The molecule has 0 amide bonds. The number of hydrogen-bond donors (Lipinski definition) is 0. The van der Waals surface area contributed by atoms with E-state index < -0.39 is 65.6 Å². The fourth-order valence-electron chi connectivity index (χ4n) is 3.27. The Hall–Kier alpha value is -3.10. The van der Waals surface area contributed by atoms with Crippen LogP contribution in [0.15, 0.2) is 34.5 Å². The van der Waals surface area contributed by atoms with Gasteiger partial charge in [0.25, 0.3) is 5.70 Å². The topological polar surface area (TPSA) is 167 Å². The van der Waals surface area contributed by atoms with Crippen LogP contribution in [0, 0.1) is 10.1 Å². The molecule has 14 heteroatoms. The van der Waals surface area contributed by atoms with E-state index in [-0.39, 0.29) is 5.70 Å². The molecule has 2 aliphatic rings. The van der Waals surface area contributed by atoms with Gasteiger partial charge in [-0.15, -0.1) is 0 Å². The van der Waals surface area contributed by atoms with Gasteiger partial charge in [0.05, 0.1) is 12.0 Å². The highest BCUT2D eigenvalue weighted by Gasteiger charge is 2.56. The summed E-state index contributed by atoms with van der Waals surface area (Å²) in [6.45, 7) is 3.13. The van der Waals surface area contributed by atoms with Gasteiger partial charge in [-0.2, -0.15) is 0 Å². The summed E-state index contributed by atoms with van der Waals surface area (Å²) in [5.41, 5.74) is 0.0759. The van der Waals surface area contributed by atoms with E-state index in [9.17, 15) is 29.3 Å². The van der Waals surface area contributed by atoms with E-state index in [2.05, 4.69) is 15.9 Å². The van der Waals surface area contributed by atoms with Gasteiger partial charge in [0.1, 0.15) is 0 Å². The lowest BCUT2D eigenvalue weighted by molar-refractivity contribution is -0.440. The van der Waals surface area contributed by atoms with Gasteiger partial charge in [0.2, 0.25) is 6.29 Å². The maximum atomic E-state index is 12.4. The predicted octanol–water partition coefficient (Wildman–Crippen LogP) is 1.07. The van der Waals surface area contributed by atoms with Crippen LogP contribution in [0.3, 0.4) is 0 Å². The van der Waals surface area contributed by atoms with Gasteiger partial charge < -0.3 is 28.4 Å². The summed E-state index contributed by atoms with van der Waals surface area (Å²) in [5.74, 6) is -3.60. The van der Waals surface area contributed by atoms with Crippen molar-refractivity contribution in [1.29, 1.82) is 0 Å². The van der Waals surface area contributed by atoms with Gasteiger partial charge in [0.15, 0.2) is 30.5 Å². The summed E-state index contributed by atoms with van der Waals surface area (Å²) in [5, 5.41) is 11.6. The Kier molecular flexibility index (Phi) is 9.46. The van der Waals surface area contributed by atoms with Crippen molar-refractivity contribution in [2.24, 2.45) is 0 Å². The zero-order valence-corrected chi connectivity index (χ0v) is 20.1. The number of nitro groups is 1. The molecular weight excluding hydrogens is 526 g/mol. The summed E-state index contributed by atoms with van der Waals surface area (Å²) in [6, 6.07) is 0. The Morgan fingerprint density at radius 3 is 2.09 bits per heavy atom. The number of esters is 4. The van der Waals surface area contributed by atoms with Crippen LogP contribution in [0.5, 0.6) is 0 Å². The molecule has 0 radical (unpaired) electrons. The van der Waals surface area contributed by atoms with Crippen molar-refractivity contribution in [3.63, 3.8) is 0 Å². The molecular formula is C20H22BrNO12. The minimum absolute atomic E-state index is 0.390. The summed E-state index contributed by atoms with van der Waals surface area (Å²) >= 11 is 3.09. The van der Waals surface area contributed by atoms with E-state index in [4.69, 9.17) is 28.4 Å². The summed E-state index contributed by atoms with van der Waals surface area (Å²) < 4.78 is 31.6. The Bertz CT molecular complexity index is 942. The number of hydrogen-bond acceptors (Lipinski definition) is 12. The first-order valence-corrected chi connectivity index (χ1v) is 10.6. The number of methoxy groups -OCH3 is 1.